The summed E-state index contributed by atoms with van der Waals surface area (Å²) in [6.45, 7) is 1.63. The van der Waals surface area contributed by atoms with E-state index in [1.807, 2.05) is 36.4 Å². The molecule has 0 unspecified atom stereocenters. The van der Waals surface area contributed by atoms with Crippen LogP contribution in [0.15, 0.2) is 77.9 Å². The maximum absolute atomic E-state index is 12.4. The first-order chi connectivity index (χ1) is 14.5. The zero-order valence-corrected chi connectivity index (χ0v) is 17.6. The number of nitrogens with one attached hydrogen (secondary N) is 1. The highest BCUT2D eigenvalue weighted by Crippen LogP contribution is 2.29. The Kier molecular flexibility index (Phi) is 5.88. The van der Waals surface area contributed by atoms with Crippen LogP contribution in [0, 0.1) is 0 Å². The van der Waals surface area contributed by atoms with Gasteiger partial charge in [-0.05, 0) is 52.7 Å². The van der Waals surface area contributed by atoms with Crippen LogP contribution in [0.5, 0.6) is 5.75 Å². The maximum Gasteiger partial charge on any atom is 0.280 e. The second-order valence-corrected chi connectivity index (χ2v) is 7.65. The largest absolute Gasteiger partial charge is 0.479 e. The summed E-state index contributed by atoms with van der Waals surface area (Å²) in [4.78, 5) is 12.4. The van der Waals surface area contributed by atoms with Crippen molar-refractivity contribution in [2.75, 3.05) is 0 Å². The van der Waals surface area contributed by atoms with E-state index in [1.54, 1.807) is 31.3 Å². The fourth-order valence-corrected chi connectivity index (χ4v) is 3.71. The Labute approximate surface area is 184 Å². The second kappa shape index (κ2) is 8.74. The molecule has 150 valence electrons. The monoisotopic (exact) mass is 436 g/mol. The number of benzene rings is 4. The van der Waals surface area contributed by atoms with Gasteiger partial charge in [-0.3, -0.25) is 4.79 Å². The molecule has 0 fully saturated rings. The first-order valence-electron chi connectivity index (χ1n) is 9.38. The third-order valence-electron chi connectivity index (χ3n) is 4.75. The van der Waals surface area contributed by atoms with Crippen LogP contribution in [-0.2, 0) is 4.79 Å². The lowest BCUT2D eigenvalue weighted by molar-refractivity contribution is -0.127. The molecular weight excluding hydrogens is 419 g/mol. The van der Waals surface area contributed by atoms with Crippen molar-refractivity contribution in [1.82, 2.24) is 5.43 Å². The van der Waals surface area contributed by atoms with Gasteiger partial charge in [-0.25, -0.2) is 5.43 Å². The predicted octanol–water partition coefficient (Wildman–Crippen LogP) is 6.22. The van der Waals surface area contributed by atoms with Gasteiger partial charge < -0.3 is 4.74 Å². The van der Waals surface area contributed by atoms with Crippen LogP contribution in [0.3, 0.4) is 0 Å². The van der Waals surface area contributed by atoms with Gasteiger partial charge in [0.1, 0.15) is 5.75 Å². The fraction of sp³-hybridized carbons (Fsp3) is 0.0833. The summed E-state index contributed by atoms with van der Waals surface area (Å²) in [5.74, 6) is -0.00504. The normalized spacial score (nSPS) is 12.4. The summed E-state index contributed by atoms with van der Waals surface area (Å²) in [5, 5.41) is 9.36. The lowest BCUT2D eigenvalue weighted by atomic mass is 9.97. The van der Waals surface area contributed by atoms with Gasteiger partial charge in [0.25, 0.3) is 5.91 Å². The van der Waals surface area contributed by atoms with E-state index in [2.05, 4.69) is 28.7 Å². The average Bonchev–Trinajstić information content (AvgIpc) is 2.75. The highest BCUT2D eigenvalue weighted by Gasteiger charge is 2.16. The van der Waals surface area contributed by atoms with E-state index in [-0.39, 0.29) is 5.91 Å². The Morgan fingerprint density at radius 1 is 0.967 bits per heavy atom. The number of hydrogen-bond donors (Lipinski definition) is 1. The van der Waals surface area contributed by atoms with E-state index in [0.29, 0.717) is 15.8 Å². The molecule has 0 saturated heterocycles. The summed E-state index contributed by atoms with van der Waals surface area (Å²) in [6.07, 6.45) is 0.884. The number of amides is 1. The smallest absolute Gasteiger partial charge is 0.280 e. The third kappa shape index (κ3) is 4.25. The molecule has 0 spiro atoms. The highest BCUT2D eigenvalue weighted by atomic mass is 35.5. The van der Waals surface area contributed by atoms with Gasteiger partial charge in [0.15, 0.2) is 6.10 Å². The number of halogens is 2. The van der Waals surface area contributed by atoms with Crippen molar-refractivity contribution < 1.29 is 9.53 Å². The quantitative estimate of drug-likeness (QED) is 0.229. The lowest BCUT2D eigenvalue weighted by Crippen LogP contribution is -2.33. The van der Waals surface area contributed by atoms with Gasteiger partial charge in [-0.15, -0.1) is 0 Å². The molecule has 4 aromatic rings. The molecule has 0 saturated carbocycles. The third-order valence-corrected chi connectivity index (χ3v) is 5.28. The summed E-state index contributed by atoms with van der Waals surface area (Å²) < 4.78 is 5.63. The number of ether oxygens (including phenoxy) is 1. The van der Waals surface area contributed by atoms with Crippen LogP contribution in [0.4, 0.5) is 0 Å². The molecule has 0 aliphatic carbocycles. The van der Waals surface area contributed by atoms with Crippen LogP contribution in [0.2, 0.25) is 10.0 Å². The van der Waals surface area contributed by atoms with Gasteiger partial charge in [-0.1, -0.05) is 71.7 Å². The molecule has 1 atom stereocenters. The first-order valence-corrected chi connectivity index (χ1v) is 10.1. The number of rotatable bonds is 5. The van der Waals surface area contributed by atoms with Crippen molar-refractivity contribution in [1.29, 1.82) is 0 Å². The topological polar surface area (TPSA) is 50.7 Å². The van der Waals surface area contributed by atoms with E-state index in [4.69, 9.17) is 27.9 Å². The number of fused-ring (bicyclic) bond motifs is 2. The number of hydrogen-bond acceptors (Lipinski definition) is 3. The average molecular weight is 437 g/mol. The van der Waals surface area contributed by atoms with Gasteiger partial charge in [-0.2, -0.15) is 5.10 Å². The van der Waals surface area contributed by atoms with E-state index in [9.17, 15) is 4.79 Å². The Hall–Kier alpha value is -3.08. The fourth-order valence-electron chi connectivity index (χ4n) is 3.25. The number of hydrazone groups is 1. The van der Waals surface area contributed by atoms with Crippen molar-refractivity contribution in [2.24, 2.45) is 5.10 Å². The molecule has 30 heavy (non-hydrogen) atoms. The molecule has 0 radical (unpaired) electrons. The standard InChI is InChI=1S/C24H18Cl2N2O2/c1-15(30-23-11-10-18(25)13-22(23)26)24(29)28-27-14-21-19-8-4-2-6-16(19)12-17-7-3-5-9-20(17)21/h2-15H,1H3,(H,28,29)/t15-/m1/s1. The zero-order valence-electron chi connectivity index (χ0n) is 16.1. The van der Waals surface area contributed by atoms with Crippen molar-refractivity contribution in [3.05, 3.63) is 88.4 Å². The van der Waals surface area contributed by atoms with E-state index in [0.717, 1.165) is 27.1 Å². The lowest BCUT2D eigenvalue weighted by Gasteiger charge is -2.14. The second-order valence-electron chi connectivity index (χ2n) is 6.80. The molecule has 0 aromatic heterocycles. The molecule has 1 N–H and O–H groups in total. The minimum absolute atomic E-state index is 0.341. The number of nitrogens with zero attached hydrogens (tertiary/aromatic N) is 1. The Bertz CT molecular complexity index is 1220. The zero-order chi connectivity index (χ0) is 21.1. The molecule has 0 aliphatic rings. The summed E-state index contributed by atoms with van der Waals surface area (Å²) in [7, 11) is 0. The van der Waals surface area contributed by atoms with Crippen LogP contribution in [0.25, 0.3) is 21.5 Å². The van der Waals surface area contributed by atoms with E-state index in [1.165, 1.54) is 0 Å². The van der Waals surface area contributed by atoms with E-state index < -0.39 is 6.10 Å². The van der Waals surface area contributed by atoms with E-state index >= 15 is 0 Å². The number of carbonyl (C=O) groups is 1. The predicted molar refractivity (Wildman–Crippen MR) is 124 cm³/mol. The molecule has 4 rings (SSSR count). The minimum Gasteiger partial charge on any atom is -0.479 e. The van der Waals surface area contributed by atoms with Gasteiger partial charge in [0.2, 0.25) is 0 Å². The Morgan fingerprint density at radius 2 is 1.60 bits per heavy atom. The Balaban J connectivity index is 1.55. The molecule has 1 amide bonds. The summed E-state index contributed by atoms with van der Waals surface area (Å²) in [5.41, 5.74) is 3.49. The summed E-state index contributed by atoms with van der Waals surface area (Å²) >= 11 is 12.0. The summed E-state index contributed by atoms with van der Waals surface area (Å²) in [6, 6.07) is 23.2. The van der Waals surface area contributed by atoms with Gasteiger partial charge >= 0.3 is 0 Å². The van der Waals surface area contributed by atoms with Crippen molar-refractivity contribution in [2.45, 2.75) is 13.0 Å². The maximum atomic E-state index is 12.4. The van der Waals surface area contributed by atoms with Crippen molar-refractivity contribution >= 4 is 56.9 Å². The molecule has 6 heteroatoms. The SMILES string of the molecule is C[C@@H](Oc1ccc(Cl)cc1Cl)C(=O)NN=Cc1c2ccccc2cc2ccccc12. The Morgan fingerprint density at radius 3 is 2.23 bits per heavy atom. The molecule has 0 aliphatic heterocycles. The van der Waals surface area contributed by atoms with Crippen LogP contribution >= 0.6 is 23.2 Å². The molecular formula is C24H18Cl2N2O2. The first kappa shape index (κ1) is 20.2. The van der Waals surface area contributed by atoms with Gasteiger partial charge in [0.05, 0.1) is 11.2 Å². The van der Waals surface area contributed by atoms with Crippen LogP contribution < -0.4 is 10.2 Å². The van der Waals surface area contributed by atoms with Crippen molar-refractivity contribution in [3.63, 3.8) is 0 Å². The minimum atomic E-state index is -0.787. The molecule has 0 bridgehead atoms. The molecule has 4 nitrogen and oxygen atoms in total. The van der Waals surface area contributed by atoms with Gasteiger partial charge in [0, 0.05) is 10.6 Å². The van der Waals surface area contributed by atoms with Crippen LogP contribution in [0.1, 0.15) is 12.5 Å². The van der Waals surface area contributed by atoms with Crippen molar-refractivity contribution in [3.8, 4) is 5.75 Å². The number of carbonyl (C=O) groups excluding carboxylic acids is 1. The molecule has 4 aromatic carbocycles. The highest BCUT2D eigenvalue weighted by molar-refractivity contribution is 6.35. The molecule has 0 heterocycles. The van der Waals surface area contributed by atoms with Crippen LogP contribution in [-0.4, -0.2) is 18.2 Å².